The molecule has 0 saturated heterocycles. The third-order valence-electron chi connectivity index (χ3n) is 1.75. The van der Waals surface area contributed by atoms with Crippen LogP contribution in [0.5, 0.6) is 0 Å². The summed E-state index contributed by atoms with van der Waals surface area (Å²) in [5.41, 5.74) is 0. The Morgan fingerprint density at radius 1 is 0.600 bits per heavy atom. The molecule has 76 valence electrons. The fourth-order valence-electron chi connectivity index (χ4n) is 1.05. The minimum atomic E-state index is 0.150. The summed E-state index contributed by atoms with van der Waals surface area (Å²) in [7, 11) is 0. The molecule has 0 spiro atoms. The zero-order chi connectivity index (χ0) is 10.3. The third kappa shape index (κ3) is 3.83. The van der Waals surface area contributed by atoms with Gasteiger partial charge < -0.3 is 0 Å². The van der Waals surface area contributed by atoms with Gasteiger partial charge in [0, 0.05) is 0 Å². The standard InChI is InChI=1S/C12H10OSe2/c1-3-7-11(8-4-1)14-13-15-12-9-5-2-6-10-12/h1-10H. The third-order valence-corrected chi connectivity index (χ3v) is 5.47. The van der Waals surface area contributed by atoms with Gasteiger partial charge in [-0.05, 0) is 0 Å². The zero-order valence-electron chi connectivity index (χ0n) is 8.00. The van der Waals surface area contributed by atoms with E-state index in [-0.39, 0.29) is 30.6 Å². The van der Waals surface area contributed by atoms with Crippen LogP contribution < -0.4 is 8.92 Å². The van der Waals surface area contributed by atoms with E-state index in [1.165, 1.54) is 8.92 Å². The number of benzene rings is 2. The van der Waals surface area contributed by atoms with E-state index < -0.39 is 0 Å². The van der Waals surface area contributed by atoms with Crippen molar-refractivity contribution in [2.75, 3.05) is 0 Å². The van der Waals surface area contributed by atoms with Gasteiger partial charge >= 0.3 is 103 Å². The van der Waals surface area contributed by atoms with Crippen LogP contribution in [0.1, 0.15) is 0 Å². The fourth-order valence-corrected chi connectivity index (χ4v) is 4.66. The summed E-state index contributed by atoms with van der Waals surface area (Å²) in [6.07, 6.45) is 0. The van der Waals surface area contributed by atoms with Crippen molar-refractivity contribution >= 4 is 39.5 Å². The van der Waals surface area contributed by atoms with E-state index in [0.717, 1.165) is 0 Å². The molecule has 2 rings (SSSR count). The van der Waals surface area contributed by atoms with E-state index >= 15 is 0 Å². The van der Waals surface area contributed by atoms with E-state index in [2.05, 4.69) is 48.5 Å². The van der Waals surface area contributed by atoms with Crippen LogP contribution in [-0.4, -0.2) is 30.6 Å². The first kappa shape index (κ1) is 10.9. The van der Waals surface area contributed by atoms with Crippen molar-refractivity contribution in [2.45, 2.75) is 0 Å². The molecule has 0 N–H and O–H groups in total. The Morgan fingerprint density at radius 3 is 1.40 bits per heavy atom. The van der Waals surface area contributed by atoms with Gasteiger partial charge in [-0.25, -0.2) is 0 Å². The summed E-state index contributed by atoms with van der Waals surface area (Å²) in [6, 6.07) is 20.7. The fraction of sp³-hybridized carbons (Fsp3) is 0. The SMILES string of the molecule is c1ccc([Se]O[Se]c2ccccc2)cc1. The first-order valence-electron chi connectivity index (χ1n) is 4.56. The van der Waals surface area contributed by atoms with Crippen LogP contribution in [0.25, 0.3) is 0 Å². The molecule has 15 heavy (non-hydrogen) atoms. The van der Waals surface area contributed by atoms with Crippen molar-refractivity contribution in [1.29, 1.82) is 0 Å². The first-order valence-corrected chi connectivity index (χ1v) is 7.67. The molecule has 0 aliphatic heterocycles. The molecule has 0 aliphatic carbocycles. The number of hydrogen-bond acceptors (Lipinski definition) is 1. The average Bonchev–Trinajstić information content (AvgIpc) is 2.32. The van der Waals surface area contributed by atoms with Crippen molar-refractivity contribution in [3.05, 3.63) is 60.7 Å². The average molecular weight is 328 g/mol. The van der Waals surface area contributed by atoms with E-state index in [1.54, 1.807) is 0 Å². The maximum absolute atomic E-state index is 5.73. The first-order chi connectivity index (χ1) is 7.45. The second-order valence-electron chi connectivity index (χ2n) is 2.86. The molecule has 0 amide bonds. The quantitative estimate of drug-likeness (QED) is 0.758. The van der Waals surface area contributed by atoms with E-state index in [4.69, 9.17) is 2.90 Å². The van der Waals surface area contributed by atoms with E-state index in [0.29, 0.717) is 0 Å². The molecule has 0 unspecified atom stereocenters. The normalized spacial score (nSPS) is 10.1. The molecule has 0 atom stereocenters. The predicted octanol–water partition coefficient (Wildman–Crippen LogP) is 0.892. The predicted molar refractivity (Wildman–Crippen MR) is 64.7 cm³/mol. The maximum atomic E-state index is 5.73. The van der Waals surface area contributed by atoms with Crippen LogP contribution in [0.3, 0.4) is 0 Å². The molecule has 1 nitrogen and oxygen atoms in total. The summed E-state index contributed by atoms with van der Waals surface area (Å²) in [5.74, 6) is 0. The molecule has 0 aromatic heterocycles. The molecule has 0 bridgehead atoms. The molecule has 0 fully saturated rings. The number of rotatable bonds is 4. The van der Waals surface area contributed by atoms with Gasteiger partial charge in [0.1, 0.15) is 0 Å². The van der Waals surface area contributed by atoms with Crippen molar-refractivity contribution < 1.29 is 2.90 Å². The Bertz CT molecular complexity index is 349. The van der Waals surface area contributed by atoms with Crippen molar-refractivity contribution in [3.63, 3.8) is 0 Å². The monoisotopic (exact) mass is 330 g/mol. The Kier molecular flexibility index (Phi) is 4.46. The summed E-state index contributed by atoms with van der Waals surface area (Å²) < 4.78 is 8.32. The Balaban J connectivity index is 1.81. The summed E-state index contributed by atoms with van der Waals surface area (Å²) in [6.45, 7) is 0. The van der Waals surface area contributed by atoms with Crippen LogP contribution >= 0.6 is 0 Å². The summed E-state index contributed by atoms with van der Waals surface area (Å²) in [4.78, 5) is 0. The Labute approximate surface area is 103 Å². The van der Waals surface area contributed by atoms with E-state index in [1.807, 2.05) is 12.1 Å². The van der Waals surface area contributed by atoms with E-state index in [9.17, 15) is 0 Å². The number of hydrogen-bond donors (Lipinski definition) is 0. The van der Waals surface area contributed by atoms with Gasteiger partial charge in [0.05, 0.1) is 0 Å². The molecule has 2 aromatic carbocycles. The minimum absolute atomic E-state index is 0.150. The van der Waals surface area contributed by atoms with Crippen LogP contribution in [0.4, 0.5) is 0 Å². The van der Waals surface area contributed by atoms with Crippen LogP contribution in [0.15, 0.2) is 60.7 Å². The molecular formula is C12H10OSe2. The van der Waals surface area contributed by atoms with Crippen molar-refractivity contribution in [3.8, 4) is 0 Å². The van der Waals surface area contributed by atoms with Gasteiger partial charge in [-0.3, -0.25) is 0 Å². The van der Waals surface area contributed by atoms with Gasteiger partial charge in [-0.2, -0.15) is 0 Å². The van der Waals surface area contributed by atoms with Gasteiger partial charge in [-0.1, -0.05) is 0 Å². The van der Waals surface area contributed by atoms with Crippen LogP contribution in [0.2, 0.25) is 0 Å². The zero-order valence-corrected chi connectivity index (χ0v) is 11.4. The Hall–Kier alpha value is -0.561. The molecule has 0 radical (unpaired) electrons. The molecule has 0 heterocycles. The topological polar surface area (TPSA) is 9.23 Å². The van der Waals surface area contributed by atoms with Gasteiger partial charge in [-0.15, -0.1) is 0 Å². The molecular weight excluding hydrogens is 318 g/mol. The van der Waals surface area contributed by atoms with Gasteiger partial charge in [0.25, 0.3) is 0 Å². The molecule has 0 aliphatic rings. The van der Waals surface area contributed by atoms with Crippen LogP contribution in [0, 0.1) is 0 Å². The van der Waals surface area contributed by atoms with Crippen molar-refractivity contribution in [1.82, 2.24) is 0 Å². The van der Waals surface area contributed by atoms with Crippen LogP contribution in [-0.2, 0) is 2.90 Å². The van der Waals surface area contributed by atoms with Gasteiger partial charge in [0.15, 0.2) is 0 Å². The summed E-state index contributed by atoms with van der Waals surface area (Å²) >= 11 is 0.300. The Morgan fingerprint density at radius 2 is 1.00 bits per heavy atom. The molecule has 0 saturated carbocycles. The van der Waals surface area contributed by atoms with Crippen molar-refractivity contribution in [2.24, 2.45) is 0 Å². The van der Waals surface area contributed by atoms with Gasteiger partial charge in [0.2, 0.25) is 0 Å². The summed E-state index contributed by atoms with van der Waals surface area (Å²) in [5, 5.41) is 0. The molecule has 3 heteroatoms. The second-order valence-corrected chi connectivity index (χ2v) is 7.31. The molecule has 2 aromatic rings. The second kappa shape index (κ2) is 6.12.